The largest absolute Gasteiger partial charge is 0.497 e. The molecule has 7 heteroatoms. The van der Waals surface area contributed by atoms with Crippen molar-refractivity contribution in [1.29, 1.82) is 0 Å². The zero-order chi connectivity index (χ0) is 21.1. The fourth-order valence-corrected chi connectivity index (χ4v) is 2.80. The average Bonchev–Trinajstić information content (AvgIpc) is 2.76. The first-order valence-electron chi connectivity index (χ1n) is 9.45. The number of nitrogens with zero attached hydrogens (tertiary/aromatic N) is 1. The van der Waals surface area contributed by atoms with E-state index in [1.165, 1.54) is 6.08 Å². The summed E-state index contributed by atoms with van der Waals surface area (Å²) in [5, 5.41) is 2.84. The van der Waals surface area contributed by atoms with Gasteiger partial charge in [-0.3, -0.25) is 9.78 Å². The van der Waals surface area contributed by atoms with Crippen LogP contribution in [0.4, 0.5) is 0 Å². The van der Waals surface area contributed by atoms with Gasteiger partial charge in [-0.2, -0.15) is 0 Å². The molecule has 0 saturated carbocycles. The molecule has 1 aromatic heterocycles. The van der Waals surface area contributed by atoms with Crippen molar-refractivity contribution in [2.45, 2.75) is 19.6 Å². The highest BCUT2D eigenvalue weighted by Gasteiger charge is 2.35. The van der Waals surface area contributed by atoms with Gasteiger partial charge in [-0.1, -0.05) is 6.07 Å². The minimum Gasteiger partial charge on any atom is -0.497 e. The Labute approximate surface area is 171 Å². The molecule has 29 heavy (non-hydrogen) atoms. The van der Waals surface area contributed by atoms with Crippen LogP contribution in [0.1, 0.15) is 25.1 Å². The van der Waals surface area contributed by atoms with Gasteiger partial charge >= 0.3 is 0 Å². The number of amides is 1. The van der Waals surface area contributed by atoms with E-state index in [1.807, 2.05) is 44.2 Å². The van der Waals surface area contributed by atoms with Crippen molar-refractivity contribution in [3.8, 4) is 11.5 Å². The van der Waals surface area contributed by atoms with Crippen LogP contribution in [0.3, 0.4) is 0 Å². The summed E-state index contributed by atoms with van der Waals surface area (Å²) < 4.78 is 22.2. The first kappa shape index (κ1) is 22.4. The smallest absolute Gasteiger partial charge is 0.244 e. The summed E-state index contributed by atoms with van der Waals surface area (Å²) in [7, 11) is 3.15. The molecule has 0 atom stereocenters. The van der Waals surface area contributed by atoms with Crippen molar-refractivity contribution < 1.29 is 23.7 Å². The van der Waals surface area contributed by atoms with Crippen LogP contribution in [0.25, 0.3) is 6.08 Å². The lowest BCUT2D eigenvalue weighted by atomic mass is 10.1. The van der Waals surface area contributed by atoms with Crippen molar-refractivity contribution in [2.24, 2.45) is 0 Å². The number of hydrogen-bond donors (Lipinski definition) is 1. The zero-order valence-electron chi connectivity index (χ0n) is 17.3. The second-order valence-corrected chi connectivity index (χ2v) is 6.03. The van der Waals surface area contributed by atoms with Crippen LogP contribution >= 0.6 is 0 Å². The van der Waals surface area contributed by atoms with Crippen molar-refractivity contribution >= 4 is 12.0 Å². The third-order valence-electron chi connectivity index (χ3n) is 4.11. The molecule has 0 spiro atoms. The summed E-state index contributed by atoms with van der Waals surface area (Å²) in [6, 6.07) is 10.9. The van der Waals surface area contributed by atoms with E-state index in [0.717, 1.165) is 5.56 Å². The Morgan fingerprint density at radius 1 is 1.07 bits per heavy atom. The zero-order valence-corrected chi connectivity index (χ0v) is 17.3. The van der Waals surface area contributed by atoms with Crippen molar-refractivity contribution in [1.82, 2.24) is 10.3 Å². The summed E-state index contributed by atoms with van der Waals surface area (Å²) in [5.74, 6) is -0.142. The Bertz CT molecular complexity index is 780. The predicted octanol–water partition coefficient (Wildman–Crippen LogP) is 3.15. The molecule has 156 valence electrons. The standard InChI is InChI=1S/C22H28N2O5/c1-5-28-22(29-6-2,20-9-7-8-12-23-20)16-24-21(25)11-10-17-13-18(26-3)15-19(14-17)27-4/h7-15H,5-6,16H2,1-4H3,(H,24,25). The van der Waals surface area contributed by atoms with Crippen LogP contribution in [0.5, 0.6) is 11.5 Å². The number of aromatic nitrogens is 1. The number of ether oxygens (including phenoxy) is 4. The number of carbonyl (C=O) groups excluding carboxylic acids is 1. The minimum absolute atomic E-state index is 0.121. The van der Waals surface area contributed by atoms with E-state index < -0.39 is 5.79 Å². The van der Waals surface area contributed by atoms with Crippen LogP contribution in [-0.4, -0.2) is 44.9 Å². The highest BCUT2D eigenvalue weighted by molar-refractivity contribution is 5.91. The molecule has 0 saturated heterocycles. The summed E-state index contributed by atoms with van der Waals surface area (Å²) in [5.41, 5.74) is 1.38. The first-order valence-corrected chi connectivity index (χ1v) is 9.45. The van der Waals surface area contributed by atoms with Gasteiger partial charge in [0, 0.05) is 31.6 Å². The van der Waals surface area contributed by atoms with Crippen molar-refractivity contribution in [2.75, 3.05) is 34.0 Å². The van der Waals surface area contributed by atoms with E-state index in [4.69, 9.17) is 18.9 Å². The second kappa shape index (κ2) is 11.2. The number of methoxy groups -OCH3 is 2. The predicted molar refractivity (Wildman–Crippen MR) is 111 cm³/mol. The van der Waals surface area contributed by atoms with Gasteiger partial charge < -0.3 is 24.3 Å². The number of benzene rings is 1. The molecule has 2 aromatic rings. The van der Waals surface area contributed by atoms with Gasteiger partial charge in [0.25, 0.3) is 0 Å². The summed E-state index contributed by atoms with van der Waals surface area (Å²) in [6.07, 6.45) is 4.79. The number of rotatable bonds is 11. The molecule has 0 aliphatic carbocycles. The van der Waals surface area contributed by atoms with E-state index in [-0.39, 0.29) is 12.5 Å². The number of pyridine rings is 1. The van der Waals surface area contributed by atoms with Crippen LogP contribution < -0.4 is 14.8 Å². The van der Waals surface area contributed by atoms with Gasteiger partial charge in [0.05, 0.1) is 20.8 Å². The molecule has 1 aromatic carbocycles. The minimum atomic E-state index is -1.15. The van der Waals surface area contributed by atoms with Crippen LogP contribution in [0, 0.1) is 0 Å². The average molecular weight is 400 g/mol. The van der Waals surface area contributed by atoms with Crippen LogP contribution in [0.2, 0.25) is 0 Å². The lowest BCUT2D eigenvalue weighted by molar-refractivity contribution is -0.241. The van der Waals surface area contributed by atoms with E-state index >= 15 is 0 Å². The molecular formula is C22H28N2O5. The topological polar surface area (TPSA) is 78.9 Å². The molecule has 0 bridgehead atoms. The summed E-state index contributed by atoms with van der Waals surface area (Å²) in [4.78, 5) is 16.8. The van der Waals surface area contributed by atoms with E-state index in [0.29, 0.717) is 30.4 Å². The van der Waals surface area contributed by atoms with Gasteiger partial charge in [-0.15, -0.1) is 0 Å². The Hall–Kier alpha value is -2.90. The maximum atomic E-state index is 12.4. The monoisotopic (exact) mass is 400 g/mol. The quantitative estimate of drug-likeness (QED) is 0.461. The maximum Gasteiger partial charge on any atom is 0.244 e. The molecule has 1 N–H and O–H groups in total. The Morgan fingerprint density at radius 2 is 1.72 bits per heavy atom. The van der Waals surface area contributed by atoms with Gasteiger partial charge in [0.1, 0.15) is 17.2 Å². The third kappa shape index (κ3) is 6.30. The molecule has 0 aliphatic heterocycles. The lowest BCUT2D eigenvalue weighted by Crippen LogP contribution is -2.45. The van der Waals surface area contributed by atoms with Gasteiger partial charge in [0.2, 0.25) is 11.7 Å². The molecule has 0 aliphatic rings. The van der Waals surface area contributed by atoms with Crippen molar-refractivity contribution in [3.05, 3.63) is 59.9 Å². The molecule has 1 heterocycles. The van der Waals surface area contributed by atoms with E-state index in [9.17, 15) is 4.79 Å². The Kier molecular flexibility index (Phi) is 8.64. The number of carbonyl (C=O) groups is 1. The third-order valence-corrected chi connectivity index (χ3v) is 4.11. The number of hydrogen-bond acceptors (Lipinski definition) is 6. The Balaban J connectivity index is 2.13. The molecule has 0 unspecified atom stereocenters. The summed E-state index contributed by atoms with van der Waals surface area (Å²) in [6.45, 7) is 4.68. The van der Waals surface area contributed by atoms with Gasteiger partial charge in [-0.25, -0.2) is 0 Å². The molecule has 1 amide bonds. The van der Waals surface area contributed by atoms with Gasteiger partial charge in [-0.05, 0) is 49.8 Å². The fourth-order valence-electron chi connectivity index (χ4n) is 2.80. The first-order chi connectivity index (χ1) is 14.1. The molecule has 0 fully saturated rings. The fraction of sp³-hybridized carbons (Fsp3) is 0.364. The molecular weight excluding hydrogens is 372 g/mol. The second-order valence-electron chi connectivity index (χ2n) is 6.03. The highest BCUT2D eigenvalue weighted by Crippen LogP contribution is 2.25. The van der Waals surface area contributed by atoms with Gasteiger partial charge in [0.15, 0.2) is 0 Å². The SMILES string of the molecule is CCOC(CNC(=O)C=Cc1cc(OC)cc(OC)c1)(OCC)c1ccccn1. The molecule has 7 nitrogen and oxygen atoms in total. The van der Waals surface area contributed by atoms with Crippen molar-refractivity contribution in [3.63, 3.8) is 0 Å². The van der Waals surface area contributed by atoms with E-state index in [2.05, 4.69) is 10.3 Å². The van der Waals surface area contributed by atoms with Crippen LogP contribution in [-0.2, 0) is 20.1 Å². The van der Waals surface area contributed by atoms with Crippen LogP contribution in [0.15, 0.2) is 48.7 Å². The molecule has 0 radical (unpaired) electrons. The Morgan fingerprint density at radius 3 is 2.24 bits per heavy atom. The summed E-state index contributed by atoms with van der Waals surface area (Å²) >= 11 is 0. The molecule has 2 rings (SSSR count). The number of nitrogens with one attached hydrogen (secondary N) is 1. The normalized spacial score (nSPS) is 11.4. The highest BCUT2D eigenvalue weighted by atomic mass is 16.7. The maximum absolute atomic E-state index is 12.4. The lowest BCUT2D eigenvalue weighted by Gasteiger charge is -2.32. The van der Waals surface area contributed by atoms with E-state index in [1.54, 1.807) is 32.6 Å².